The normalized spacial score (nSPS) is 22.9. The Kier molecular flexibility index (Phi) is 6.57. The van der Waals surface area contributed by atoms with Crippen LogP contribution in [0.4, 0.5) is 19.0 Å². The minimum atomic E-state index is -2.92. The number of nitrogens with zero attached hydrogens (tertiary/aromatic N) is 3. The molecule has 0 aliphatic carbocycles. The van der Waals surface area contributed by atoms with Crippen molar-refractivity contribution in [2.75, 3.05) is 31.4 Å². The largest absolute Gasteiger partial charge is 0.373 e. The van der Waals surface area contributed by atoms with Gasteiger partial charge in [0.05, 0.1) is 29.3 Å². The number of fused-ring (bicyclic) bond motifs is 1. The van der Waals surface area contributed by atoms with Gasteiger partial charge in [-0.05, 0) is 25.6 Å². The molecule has 1 aliphatic heterocycles. The summed E-state index contributed by atoms with van der Waals surface area (Å²) >= 11 is 0. The van der Waals surface area contributed by atoms with E-state index in [2.05, 4.69) is 15.3 Å². The molecule has 0 bridgehead atoms. The summed E-state index contributed by atoms with van der Waals surface area (Å²) in [6.45, 7) is 1.67. The lowest BCUT2D eigenvalue weighted by Gasteiger charge is -2.38. The fraction of sp³-hybridized carbons (Fsp3) is 0.435. The molecule has 182 valence electrons. The zero-order valence-electron chi connectivity index (χ0n) is 19.1. The van der Waals surface area contributed by atoms with Crippen molar-refractivity contribution in [1.29, 1.82) is 0 Å². The Morgan fingerprint density at radius 2 is 1.97 bits per heavy atom. The number of pyridine rings is 1. The third-order valence-electron chi connectivity index (χ3n) is 6.65. The van der Waals surface area contributed by atoms with Crippen molar-refractivity contribution in [1.82, 2.24) is 14.5 Å². The van der Waals surface area contributed by atoms with Gasteiger partial charge >= 0.3 is 0 Å². The number of aromatic nitrogens is 3. The molecule has 1 aliphatic rings. The van der Waals surface area contributed by atoms with Crippen LogP contribution < -0.4 is 10.9 Å². The van der Waals surface area contributed by atoms with E-state index in [1.807, 2.05) is 0 Å². The summed E-state index contributed by atoms with van der Waals surface area (Å²) in [7, 11) is 0.867. The minimum absolute atomic E-state index is 0.0638. The molecular weight excluding hydrogens is 468 g/mol. The van der Waals surface area contributed by atoms with E-state index < -0.39 is 30.5 Å². The Morgan fingerprint density at radius 3 is 2.62 bits per heavy atom. The van der Waals surface area contributed by atoms with Gasteiger partial charge in [0.2, 0.25) is 0 Å². The number of halogens is 3. The highest BCUT2D eigenvalue weighted by molar-refractivity contribution is 7.63. The smallest absolute Gasteiger partial charge is 0.266 e. The van der Waals surface area contributed by atoms with Crippen LogP contribution in [0.25, 0.3) is 11.0 Å². The van der Waals surface area contributed by atoms with Crippen LogP contribution in [0.1, 0.15) is 36.0 Å². The predicted molar refractivity (Wildman–Crippen MR) is 125 cm³/mol. The average Bonchev–Trinajstić information content (AvgIpc) is 2.81. The third kappa shape index (κ3) is 4.36. The van der Waals surface area contributed by atoms with E-state index in [-0.39, 0.29) is 17.7 Å². The number of hydrogen-bond donors (Lipinski definition) is 1. The highest BCUT2D eigenvalue weighted by atomic mass is 31.2. The Balaban J connectivity index is 1.76. The molecule has 1 fully saturated rings. The number of benzene rings is 1. The Bertz CT molecular complexity index is 1330. The van der Waals surface area contributed by atoms with Crippen LogP contribution in [0.15, 0.2) is 35.4 Å². The second-order valence-electron chi connectivity index (χ2n) is 8.80. The Morgan fingerprint density at radius 1 is 1.26 bits per heavy atom. The standard InChI is InChI=1S/C23H26F3N4O3P/c1-30-21-16(11-17(22(30)31)23(33-2)7-9-34(3,32)10-8-23)20(28-13-29-21)27-12-14-5-4-6-15(18(14)24)19(25)26/h4-6,11,13,19H,7-10,12H2,1-3H3,(H,27,28,29). The first-order chi connectivity index (χ1) is 16.1. The quantitative estimate of drug-likeness (QED) is 0.503. The van der Waals surface area contributed by atoms with Gasteiger partial charge in [-0.25, -0.2) is 23.1 Å². The van der Waals surface area contributed by atoms with E-state index in [0.717, 1.165) is 6.07 Å². The molecule has 0 radical (unpaired) electrons. The molecule has 3 heterocycles. The van der Waals surface area contributed by atoms with Gasteiger partial charge in [0.1, 0.15) is 23.6 Å². The predicted octanol–water partition coefficient (Wildman–Crippen LogP) is 4.65. The number of alkyl halides is 2. The van der Waals surface area contributed by atoms with Crippen LogP contribution in [0.3, 0.4) is 0 Å². The lowest BCUT2D eigenvalue weighted by molar-refractivity contribution is -0.0247. The van der Waals surface area contributed by atoms with E-state index in [0.29, 0.717) is 47.6 Å². The van der Waals surface area contributed by atoms with Crippen molar-refractivity contribution in [2.24, 2.45) is 7.05 Å². The second-order valence-corrected chi connectivity index (χ2v) is 12.3. The van der Waals surface area contributed by atoms with Gasteiger partial charge in [-0.2, -0.15) is 0 Å². The molecule has 1 N–H and O–H groups in total. The molecule has 1 saturated heterocycles. The van der Waals surface area contributed by atoms with E-state index >= 15 is 0 Å². The topological polar surface area (TPSA) is 86.1 Å². The fourth-order valence-corrected chi connectivity index (χ4v) is 6.37. The molecule has 7 nitrogen and oxygen atoms in total. The van der Waals surface area contributed by atoms with Crippen LogP contribution in [0.5, 0.6) is 0 Å². The minimum Gasteiger partial charge on any atom is -0.373 e. The number of methoxy groups -OCH3 is 1. The van der Waals surface area contributed by atoms with Crippen molar-refractivity contribution in [3.05, 3.63) is 63.5 Å². The molecule has 0 spiro atoms. The van der Waals surface area contributed by atoms with Crippen molar-refractivity contribution in [2.45, 2.75) is 31.4 Å². The zero-order chi connectivity index (χ0) is 24.7. The molecule has 3 aromatic rings. The van der Waals surface area contributed by atoms with Crippen molar-refractivity contribution < 1.29 is 22.5 Å². The summed E-state index contributed by atoms with van der Waals surface area (Å²) in [5, 5.41) is 3.50. The zero-order valence-corrected chi connectivity index (χ0v) is 20.0. The number of hydrogen-bond acceptors (Lipinski definition) is 6. The van der Waals surface area contributed by atoms with E-state index in [4.69, 9.17) is 4.74 Å². The van der Waals surface area contributed by atoms with Gasteiger partial charge in [-0.3, -0.25) is 9.36 Å². The maximum atomic E-state index is 14.5. The second kappa shape index (κ2) is 9.15. The summed E-state index contributed by atoms with van der Waals surface area (Å²) in [6.07, 6.45) is 0.183. The summed E-state index contributed by atoms with van der Waals surface area (Å²) in [4.78, 5) is 21.7. The maximum absolute atomic E-state index is 14.5. The van der Waals surface area contributed by atoms with E-state index in [9.17, 15) is 22.5 Å². The first kappa shape index (κ1) is 24.4. The lowest BCUT2D eigenvalue weighted by atomic mass is 9.88. The Labute approximate surface area is 194 Å². The highest BCUT2D eigenvalue weighted by Crippen LogP contribution is 2.52. The molecule has 34 heavy (non-hydrogen) atoms. The average molecular weight is 494 g/mol. The Hall–Kier alpha value is -2.71. The molecular formula is C23H26F3N4O3P. The monoisotopic (exact) mass is 494 g/mol. The third-order valence-corrected chi connectivity index (χ3v) is 8.99. The SMILES string of the molecule is COC1(c2cc3c(NCc4cccc(C(F)F)c4F)ncnc3n(C)c2=O)CCP(C)(=O)CC1. The van der Waals surface area contributed by atoms with Crippen molar-refractivity contribution >= 4 is 24.0 Å². The van der Waals surface area contributed by atoms with Crippen LogP contribution in [-0.4, -0.2) is 40.6 Å². The van der Waals surface area contributed by atoms with Gasteiger partial charge in [0, 0.05) is 38.6 Å². The highest BCUT2D eigenvalue weighted by Gasteiger charge is 2.42. The molecule has 1 aromatic carbocycles. The van der Waals surface area contributed by atoms with Crippen LogP contribution >= 0.6 is 7.14 Å². The van der Waals surface area contributed by atoms with Crippen LogP contribution in [0.2, 0.25) is 0 Å². The van der Waals surface area contributed by atoms with E-state index in [1.54, 1.807) is 19.8 Å². The number of rotatable bonds is 6. The van der Waals surface area contributed by atoms with Gasteiger partial charge in [0.25, 0.3) is 12.0 Å². The van der Waals surface area contributed by atoms with Gasteiger partial charge in [0.15, 0.2) is 0 Å². The van der Waals surface area contributed by atoms with Crippen molar-refractivity contribution in [3.63, 3.8) is 0 Å². The number of anilines is 1. The lowest BCUT2D eigenvalue weighted by Crippen LogP contribution is -2.40. The fourth-order valence-electron chi connectivity index (χ4n) is 4.47. The first-order valence-corrected chi connectivity index (χ1v) is 13.4. The molecule has 0 unspecified atom stereocenters. The van der Waals surface area contributed by atoms with Crippen LogP contribution in [0, 0.1) is 5.82 Å². The molecule has 11 heteroatoms. The maximum Gasteiger partial charge on any atom is 0.266 e. The van der Waals surface area contributed by atoms with Gasteiger partial charge in [-0.1, -0.05) is 18.2 Å². The van der Waals surface area contributed by atoms with Gasteiger partial charge in [-0.15, -0.1) is 0 Å². The summed E-state index contributed by atoms with van der Waals surface area (Å²) in [6, 6.07) is 5.51. The summed E-state index contributed by atoms with van der Waals surface area (Å²) in [5.74, 6) is -0.645. The van der Waals surface area contributed by atoms with Crippen LogP contribution in [-0.2, 0) is 28.5 Å². The molecule has 4 rings (SSSR count). The first-order valence-electron chi connectivity index (χ1n) is 10.8. The van der Waals surface area contributed by atoms with Crippen molar-refractivity contribution in [3.8, 4) is 0 Å². The molecule has 2 aromatic heterocycles. The number of nitrogens with one attached hydrogen (secondary N) is 1. The number of ether oxygens (including phenoxy) is 1. The number of aryl methyl sites for hydroxylation is 1. The molecule has 0 amide bonds. The molecule has 0 atom stereocenters. The van der Waals surface area contributed by atoms with Gasteiger partial charge < -0.3 is 14.6 Å². The van der Waals surface area contributed by atoms with E-state index in [1.165, 1.54) is 30.1 Å². The summed E-state index contributed by atoms with van der Waals surface area (Å²) < 4.78 is 60.4. The summed E-state index contributed by atoms with van der Waals surface area (Å²) in [5.41, 5.74) is -0.997. The molecule has 0 saturated carbocycles.